The Hall–Kier alpha value is -3.41. The normalized spacial score (nSPS) is 12.6. The van der Waals surface area contributed by atoms with Crippen molar-refractivity contribution in [2.24, 2.45) is 0 Å². The number of hydrogen-bond donors (Lipinski definition) is 0. The lowest BCUT2D eigenvalue weighted by Gasteiger charge is -2.18. The van der Waals surface area contributed by atoms with Gasteiger partial charge in [-0.05, 0) is 122 Å². The molecular weight excluding hydrogens is 1010 g/mol. The van der Waals surface area contributed by atoms with Crippen molar-refractivity contribution in [2.45, 2.75) is 367 Å². The molecule has 0 N–H and O–H groups in total. The molecule has 0 amide bonds. The molecule has 0 spiro atoms. The van der Waals surface area contributed by atoms with E-state index in [2.05, 4.69) is 106 Å². The summed E-state index contributed by atoms with van der Waals surface area (Å²) in [6.45, 7) is 6.62. The zero-order valence-electron chi connectivity index (χ0n) is 54.5. The minimum absolute atomic E-state index is 0.0805. The van der Waals surface area contributed by atoms with E-state index >= 15 is 0 Å². The molecular formula is C76H134O6. The Labute approximate surface area is 509 Å². The maximum absolute atomic E-state index is 12.9. The van der Waals surface area contributed by atoms with Gasteiger partial charge in [0, 0.05) is 19.3 Å². The molecule has 6 heteroatoms. The second-order valence-electron chi connectivity index (χ2n) is 23.8. The third-order valence-corrected chi connectivity index (χ3v) is 15.6. The molecule has 0 radical (unpaired) electrons. The summed E-state index contributed by atoms with van der Waals surface area (Å²) in [5.74, 6) is -0.882. The highest BCUT2D eigenvalue weighted by molar-refractivity contribution is 5.71. The summed E-state index contributed by atoms with van der Waals surface area (Å²) in [7, 11) is 0. The summed E-state index contributed by atoms with van der Waals surface area (Å²) < 4.78 is 17.0. The van der Waals surface area contributed by atoms with E-state index in [1.807, 2.05) is 0 Å². The SMILES string of the molecule is CCCCC/C=C\CCCCCCCC(=O)OCC(COC(=O)CCCCCCCCCCCCCCCC/C=C\C/C=C\C/C=C\CCCCCCC)OC(=O)CCCCCCCCCC/C=C\C/C=C\C/C=C\CCCCCCC. The molecule has 0 aromatic heterocycles. The number of unbranched alkanes of at least 4 members (excludes halogenated alkanes) is 40. The van der Waals surface area contributed by atoms with Crippen molar-refractivity contribution in [1.29, 1.82) is 0 Å². The van der Waals surface area contributed by atoms with Crippen LogP contribution in [-0.4, -0.2) is 37.2 Å². The molecule has 0 bridgehead atoms. The van der Waals surface area contributed by atoms with E-state index < -0.39 is 6.10 Å². The molecule has 0 aliphatic carbocycles. The minimum Gasteiger partial charge on any atom is -0.462 e. The van der Waals surface area contributed by atoms with E-state index in [0.29, 0.717) is 19.3 Å². The lowest BCUT2D eigenvalue weighted by molar-refractivity contribution is -0.167. The van der Waals surface area contributed by atoms with Crippen LogP contribution in [0.3, 0.4) is 0 Å². The summed E-state index contributed by atoms with van der Waals surface area (Å²) in [4.78, 5) is 38.4. The van der Waals surface area contributed by atoms with E-state index in [0.717, 1.165) is 96.3 Å². The van der Waals surface area contributed by atoms with Crippen molar-refractivity contribution < 1.29 is 28.6 Å². The quantitative estimate of drug-likeness (QED) is 0.0261. The molecule has 0 saturated carbocycles. The number of carbonyl (C=O) groups excluding carboxylic acids is 3. The van der Waals surface area contributed by atoms with Crippen LogP contribution < -0.4 is 0 Å². The van der Waals surface area contributed by atoms with Crippen LogP contribution in [0.1, 0.15) is 361 Å². The van der Waals surface area contributed by atoms with Gasteiger partial charge in [0.05, 0.1) is 0 Å². The highest BCUT2D eigenvalue weighted by Crippen LogP contribution is 2.17. The maximum Gasteiger partial charge on any atom is 0.306 e. The van der Waals surface area contributed by atoms with Gasteiger partial charge in [0.2, 0.25) is 0 Å². The van der Waals surface area contributed by atoms with Crippen molar-refractivity contribution in [3.8, 4) is 0 Å². The summed E-state index contributed by atoms with van der Waals surface area (Å²) in [5.41, 5.74) is 0. The third kappa shape index (κ3) is 67.4. The first-order valence-electron chi connectivity index (χ1n) is 35.6. The molecule has 0 aliphatic rings. The Morgan fingerprint density at radius 2 is 0.439 bits per heavy atom. The molecule has 1 atom stereocenters. The average molecular weight is 1140 g/mol. The fourth-order valence-corrected chi connectivity index (χ4v) is 10.2. The van der Waals surface area contributed by atoms with Crippen LogP contribution in [0.25, 0.3) is 0 Å². The van der Waals surface area contributed by atoms with Crippen LogP contribution in [0, 0.1) is 0 Å². The van der Waals surface area contributed by atoms with E-state index in [4.69, 9.17) is 14.2 Å². The number of carbonyl (C=O) groups is 3. The molecule has 0 fully saturated rings. The molecule has 1 unspecified atom stereocenters. The van der Waals surface area contributed by atoms with Gasteiger partial charge in [0.15, 0.2) is 6.10 Å². The van der Waals surface area contributed by atoms with Gasteiger partial charge in [-0.3, -0.25) is 14.4 Å². The number of ether oxygens (including phenoxy) is 3. The van der Waals surface area contributed by atoms with Crippen molar-refractivity contribution in [3.63, 3.8) is 0 Å². The Morgan fingerprint density at radius 1 is 0.244 bits per heavy atom. The van der Waals surface area contributed by atoms with Crippen molar-refractivity contribution in [3.05, 3.63) is 85.1 Å². The predicted molar refractivity (Wildman–Crippen MR) is 358 cm³/mol. The Bertz CT molecular complexity index is 1550. The largest absolute Gasteiger partial charge is 0.462 e. The zero-order valence-corrected chi connectivity index (χ0v) is 54.5. The van der Waals surface area contributed by atoms with E-state index in [9.17, 15) is 14.4 Å². The number of esters is 3. The summed E-state index contributed by atoms with van der Waals surface area (Å²) in [6, 6.07) is 0. The average Bonchev–Trinajstić information content (AvgIpc) is 3.47. The van der Waals surface area contributed by atoms with Gasteiger partial charge in [-0.1, -0.05) is 305 Å². The van der Waals surface area contributed by atoms with Gasteiger partial charge in [-0.2, -0.15) is 0 Å². The summed E-state index contributed by atoms with van der Waals surface area (Å²) >= 11 is 0. The van der Waals surface area contributed by atoms with Crippen molar-refractivity contribution in [1.82, 2.24) is 0 Å². The third-order valence-electron chi connectivity index (χ3n) is 15.6. The number of rotatable bonds is 65. The van der Waals surface area contributed by atoms with Gasteiger partial charge >= 0.3 is 17.9 Å². The van der Waals surface area contributed by atoms with E-state index in [1.54, 1.807) is 0 Å². The molecule has 0 rings (SSSR count). The van der Waals surface area contributed by atoms with Crippen LogP contribution in [0.15, 0.2) is 85.1 Å². The Morgan fingerprint density at radius 3 is 0.720 bits per heavy atom. The second kappa shape index (κ2) is 70.1. The highest BCUT2D eigenvalue weighted by atomic mass is 16.6. The first kappa shape index (κ1) is 78.6. The number of hydrogen-bond acceptors (Lipinski definition) is 6. The van der Waals surface area contributed by atoms with Gasteiger partial charge in [-0.15, -0.1) is 0 Å². The van der Waals surface area contributed by atoms with Gasteiger partial charge < -0.3 is 14.2 Å². The first-order chi connectivity index (χ1) is 40.5. The lowest BCUT2D eigenvalue weighted by atomic mass is 10.0. The molecule has 0 heterocycles. The van der Waals surface area contributed by atoms with Crippen LogP contribution in [-0.2, 0) is 28.6 Å². The smallest absolute Gasteiger partial charge is 0.306 e. The van der Waals surface area contributed by atoms with E-state index in [-0.39, 0.29) is 31.1 Å². The second-order valence-corrected chi connectivity index (χ2v) is 23.8. The fourth-order valence-electron chi connectivity index (χ4n) is 10.2. The molecule has 474 valence electrons. The van der Waals surface area contributed by atoms with Crippen molar-refractivity contribution in [2.75, 3.05) is 13.2 Å². The first-order valence-corrected chi connectivity index (χ1v) is 35.6. The molecule has 0 aromatic carbocycles. The number of allylic oxidation sites excluding steroid dienone is 14. The predicted octanol–water partition coefficient (Wildman–Crippen LogP) is 24.6. The van der Waals surface area contributed by atoms with Crippen LogP contribution in [0.4, 0.5) is 0 Å². The van der Waals surface area contributed by atoms with Crippen LogP contribution in [0.5, 0.6) is 0 Å². The maximum atomic E-state index is 12.9. The molecule has 82 heavy (non-hydrogen) atoms. The molecule has 0 aliphatic heterocycles. The van der Waals surface area contributed by atoms with Gasteiger partial charge in [0.25, 0.3) is 0 Å². The molecule has 0 aromatic rings. The Balaban J connectivity index is 4.25. The highest BCUT2D eigenvalue weighted by Gasteiger charge is 2.19. The van der Waals surface area contributed by atoms with Gasteiger partial charge in [-0.25, -0.2) is 0 Å². The van der Waals surface area contributed by atoms with Crippen LogP contribution >= 0.6 is 0 Å². The van der Waals surface area contributed by atoms with E-state index in [1.165, 1.54) is 225 Å². The summed E-state index contributed by atoms with van der Waals surface area (Å²) in [5, 5.41) is 0. The molecule has 0 saturated heterocycles. The van der Waals surface area contributed by atoms with Crippen LogP contribution in [0.2, 0.25) is 0 Å². The van der Waals surface area contributed by atoms with Crippen molar-refractivity contribution >= 4 is 17.9 Å². The van der Waals surface area contributed by atoms with Gasteiger partial charge in [0.1, 0.15) is 13.2 Å². The zero-order chi connectivity index (χ0) is 59.2. The minimum atomic E-state index is -0.785. The summed E-state index contributed by atoms with van der Waals surface area (Å²) in [6.07, 6.45) is 93.2. The monoisotopic (exact) mass is 1140 g/mol. The molecule has 6 nitrogen and oxygen atoms in total. The lowest BCUT2D eigenvalue weighted by Crippen LogP contribution is -2.30. The fraction of sp³-hybridized carbons (Fsp3) is 0.776. The Kier molecular flexibility index (Phi) is 67.2. The topological polar surface area (TPSA) is 78.9 Å². The standard InChI is InChI=1S/C76H134O6/c1-4-7-10-13-16-19-22-25-27-29-31-33-35-36-37-38-39-40-42-43-45-47-49-51-54-57-60-63-66-69-75(78)81-72-73(71-80-74(77)68-65-62-59-56-53-24-21-18-15-12-9-6-3)82-76(79)70-67-64-61-58-55-52-50-48-46-44-41-34-32-30-28-26-23-20-17-14-11-8-5-2/h18,21-23,25-26,29-32,35-36,41,44,73H,4-17,19-20,24,27-28,33-34,37-40,42-43,45-72H2,1-3H3/b21-18-,25-22-,26-23-,31-29-,32-30-,36-35-,44-41-.